The Morgan fingerprint density at radius 3 is 2.48 bits per heavy atom. The van der Waals surface area contributed by atoms with Crippen molar-refractivity contribution in [1.82, 2.24) is 19.5 Å². The van der Waals surface area contributed by atoms with Crippen molar-refractivity contribution in [3.05, 3.63) is 77.9 Å². The summed E-state index contributed by atoms with van der Waals surface area (Å²) in [5, 5.41) is 4.68. The number of nitrogens with zero attached hydrogens (tertiary/aromatic N) is 4. The van der Waals surface area contributed by atoms with E-state index < -0.39 is 0 Å². The van der Waals surface area contributed by atoms with Gasteiger partial charge in [-0.15, -0.1) is 0 Å². The SMILES string of the molecule is CCN(CC)CCOc1ccc(Cc2nc3cccc(-c4ccc(OC)cc4)n3n2)cc1F. The molecular weight excluding hydrogens is 419 g/mol. The lowest BCUT2D eigenvalue weighted by Gasteiger charge is -2.18. The normalized spacial score (nSPS) is 11.3. The third kappa shape index (κ3) is 5.31. The summed E-state index contributed by atoms with van der Waals surface area (Å²) in [5.74, 6) is 1.34. The molecule has 0 aliphatic rings. The van der Waals surface area contributed by atoms with Crippen molar-refractivity contribution in [1.29, 1.82) is 0 Å². The van der Waals surface area contributed by atoms with Crippen molar-refractivity contribution < 1.29 is 13.9 Å². The Kier molecular flexibility index (Phi) is 7.19. The number of rotatable bonds is 10. The zero-order valence-corrected chi connectivity index (χ0v) is 19.3. The highest BCUT2D eigenvalue weighted by Gasteiger charge is 2.12. The van der Waals surface area contributed by atoms with Gasteiger partial charge < -0.3 is 14.4 Å². The Morgan fingerprint density at radius 1 is 1.00 bits per heavy atom. The molecule has 0 saturated carbocycles. The second-order valence-electron chi connectivity index (χ2n) is 7.75. The van der Waals surface area contributed by atoms with Gasteiger partial charge in [-0.2, -0.15) is 5.10 Å². The molecule has 0 fully saturated rings. The van der Waals surface area contributed by atoms with E-state index in [0.29, 0.717) is 18.9 Å². The number of likely N-dealkylation sites (N-methyl/N-ethyl adjacent to an activating group) is 1. The van der Waals surface area contributed by atoms with Crippen LogP contribution in [0.1, 0.15) is 25.2 Å². The fourth-order valence-corrected chi connectivity index (χ4v) is 3.78. The molecule has 0 N–H and O–H groups in total. The maximum Gasteiger partial charge on any atom is 0.165 e. The van der Waals surface area contributed by atoms with E-state index in [4.69, 9.17) is 9.47 Å². The Balaban J connectivity index is 1.49. The van der Waals surface area contributed by atoms with E-state index >= 15 is 0 Å². The van der Waals surface area contributed by atoms with Crippen molar-refractivity contribution in [2.24, 2.45) is 0 Å². The standard InChI is InChI=1S/C26H29FN4O2/c1-4-30(5-2)15-16-33-24-14-9-19(17-22(24)27)18-25-28-26-8-6-7-23(31(26)29-25)20-10-12-21(32-3)13-11-20/h6-14,17H,4-5,15-16,18H2,1-3H3. The first-order valence-electron chi connectivity index (χ1n) is 11.2. The first-order valence-corrected chi connectivity index (χ1v) is 11.2. The van der Waals surface area contributed by atoms with Crippen LogP contribution in [0.3, 0.4) is 0 Å². The maximum absolute atomic E-state index is 14.6. The van der Waals surface area contributed by atoms with Crippen LogP contribution in [0.15, 0.2) is 60.7 Å². The number of fused-ring (bicyclic) bond motifs is 1. The molecule has 172 valence electrons. The molecule has 4 aromatic rings. The summed E-state index contributed by atoms with van der Waals surface area (Å²) in [6, 6.07) is 18.7. The highest BCUT2D eigenvalue weighted by molar-refractivity contribution is 5.63. The molecular formula is C26H29FN4O2. The van der Waals surface area contributed by atoms with Crippen LogP contribution in [0.25, 0.3) is 16.9 Å². The maximum atomic E-state index is 14.6. The minimum atomic E-state index is -0.366. The van der Waals surface area contributed by atoms with Crippen LogP contribution < -0.4 is 9.47 Å². The second kappa shape index (κ2) is 10.4. The minimum Gasteiger partial charge on any atom is -0.497 e. The highest BCUT2D eigenvalue weighted by atomic mass is 19.1. The molecule has 0 radical (unpaired) electrons. The van der Waals surface area contributed by atoms with E-state index in [9.17, 15) is 4.39 Å². The largest absolute Gasteiger partial charge is 0.497 e. The zero-order valence-electron chi connectivity index (χ0n) is 19.3. The molecule has 0 unspecified atom stereocenters. The Bertz CT molecular complexity index is 1200. The third-order valence-corrected chi connectivity index (χ3v) is 5.71. The smallest absolute Gasteiger partial charge is 0.165 e. The van der Waals surface area contributed by atoms with Gasteiger partial charge in [0.25, 0.3) is 0 Å². The molecule has 0 amide bonds. The van der Waals surface area contributed by atoms with Gasteiger partial charge in [0.05, 0.1) is 12.8 Å². The molecule has 0 aliphatic carbocycles. The second-order valence-corrected chi connectivity index (χ2v) is 7.75. The molecule has 2 aromatic heterocycles. The monoisotopic (exact) mass is 448 g/mol. The van der Waals surface area contributed by atoms with Gasteiger partial charge in [0.2, 0.25) is 0 Å². The quantitative estimate of drug-likeness (QED) is 0.347. The van der Waals surface area contributed by atoms with Crippen molar-refractivity contribution in [3.8, 4) is 22.8 Å². The minimum absolute atomic E-state index is 0.274. The molecule has 6 nitrogen and oxygen atoms in total. The summed E-state index contributed by atoms with van der Waals surface area (Å²) in [6.45, 7) is 7.34. The van der Waals surface area contributed by atoms with E-state index in [2.05, 4.69) is 28.8 Å². The first kappa shape index (κ1) is 22.7. The third-order valence-electron chi connectivity index (χ3n) is 5.71. The van der Waals surface area contributed by atoms with Gasteiger partial charge in [-0.3, -0.25) is 0 Å². The Hall–Kier alpha value is -3.45. The van der Waals surface area contributed by atoms with Crippen LogP contribution >= 0.6 is 0 Å². The van der Waals surface area contributed by atoms with Gasteiger partial charge in [0, 0.05) is 18.5 Å². The lowest BCUT2D eigenvalue weighted by Crippen LogP contribution is -2.28. The Morgan fingerprint density at radius 2 is 1.79 bits per heavy atom. The highest BCUT2D eigenvalue weighted by Crippen LogP contribution is 2.24. The van der Waals surface area contributed by atoms with Crippen molar-refractivity contribution in [3.63, 3.8) is 0 Å². The molecule has 4 rings (SSSR count). The summed E-state index contributed by atoms with van der Waals surface area (Å²) in [4.78, 5) is 6.87. The number of pyridine rings is 1. The van der Waals surface area contributed by atoms with E-state index in [0.717, 1.165) is 47.9 Å². The molecule has 0 bridgehead atoms. The summed E-state index contributed by atoms with van der Waals surface area (Å²) in [5.41, 5.74) is 3.48. The van der Waals surface area contributed by atoms with Crippen LogP contribution in [0.5, 0.6) is 11.5 Å². The lowest BCUT2D eigenvalue weighted by atomic mass is 10.1. The fraction of sp³-hybridized carbons (Fsp3) is 0.308. The number of hydrogen-bond donors (Lipinski definition) is 0. The summed E-state index contributed by atoms with van der Waals surface area (Å²) >= 11 is 0. The van der Waals surface area contributed by atoms with Crippen LogP contribution in [0, 0.1) is 5.82 Å². The summed E-state index contributed by atoms with van der Waals surface area (Å²) < 4.78 is 27.3. The number of ether oxygens (including phenoxy) is 2. The number of methoxy groups -OCH3 is 1. The fourth-order valence-electron chi connectivity index (χ4n) is 3.78. The molecule has 0 saturated heterocycles. The number of halogens is 1. The molecule has 7 heteroatoms. The van der Waals surface area contributed by atoms with Gasteiger partial charge in [-0.05, 0) is 67.2 Å². The van der Waals surface area contributed by atoms with E-state index in [-0.39, 0.29) is 11.6 Å². The average molecular weight is 449 g/mol. The topological polar surface area (TPSA) is 51.9 Å². The molecule has 33 heavy (non-hydrogen) atoms. The van der Waals surface area contributed by atoms with E-state index in [1.807, 2.05) is 53.0 Å². The molecule has 0 aliphatic heterocycles. The number of hydrogen-bond acceptors (Lipinski definition) is 5. The van der Waals surface area contributed by atoms with E-state index in [1.165, 1.54) is 6.07 Å². The lowest BCUT2D eigenvalue weighted by molar-refractivity contribution is 0.217. The zero-order chi connectivity index (χ0) is 23.2. The summed E-state index contributed by atoms with van der Waals surface area (Å²) in [7, 11) is 1.65. The predicted molar refractivity (Wildman–Crippen MR) is 127 cm³/mol. The van der Waals surface area contributed by atoms with Gasteiger partial charge in [0.1, 0.15) is 12.4 Å². The summed E-state index contributed by atoms with van der Waals surface area (Å²) in [6.07, 6.45) is 0.431. The van der Waals surface area contributed by atoms with Gasteiger partial charge in [-0.1, -0.05) is 26.0 Å². The van der Waals surface area contributed by atoms with Crippen LogP contribution in [-0.4, -0.2) is 52.8 Å². The van der Waals surface area contributed by atoms with Gasteiger partial charge >= 0.3 is 0 Å². The average Bonchev–Trinajstić information content (AvgIpc) is 3.25. The van der Waals surface area contributed by atoms with E-state index in [1.54, 1.807) is 13.2 Å². The first-order chi connectivity index (χ1) is 16.1. The van der Waals surface area contributed by atoms with Crippen LogP contribution in [0.2, 0.25) is 0 Å². The number of benzene rings is 2. The molecule has 0 atom stereocenters. The predicted octanol–water partition coefficient (Wildman–Crippen LogP) is 4.86. The molecule has 2 heterocycles. The molecule has 0 spiro atoms. The van der Waals surface area contributed by atoms with Gasteiger partial charge in [-0.25, -0.2) is 13.9 Å². The number of aromatic nitrogens is 3. The van der Waals surface area contributed by atoms with Crippen molar-refractivity contribution in [2.45, 2.75) is 20.3 Å². The van der Waals surface area contributed by atoms with Crippen LogP contribution in [0.4, 0.5) is 4.39 Å². The van der Waals surface area contributed by atoms with Crippen molar-refractivity contribution >= 4 is 5.65 Å². The Labute approximate surface area is 193 Å². The van der Waals surface area contributed by atoms with Gasteiger partial charge in [0.15, 0.2) is 23.0 Å². The van der Waals surface area contributed by atoms with Crippen LogP contribution in [-0.2, 0) is 6.42 Å². The van der Waals surface area contributed by atoms with Crippen molar-refractivity contribution in [2.75, 3.05) is 33.4 Å². The molecule has 2 aromatic carbocycles.